The van der Waals surface area contributed by atoms with Crippen molar-refractivity contribution in [2.45, 2.75) is 13.0 Å². The topological polar surface area (TPSA) is 46.9 Å². The molecule has 0 radical (unpaired) electrons. The van der Waals surface area contributed by atoms with Crippen molar-refractivity contribution in [3.63, 3.8) is 0 Å². The molecule has 3 rings (SSSR count). The monoisotopic (exact) mass is 313 g/mol. The third-order valence-corrected chi connectivity index (χ3v) is 3.74. The van der Waals surface area contributed by atoms with Gasteiger partial charge in [0.1, 0.15) is 5.15 Å². The Balaban J connectivity index is 1.52. The number of rotatable bonds is 5. The number of carbonyl (C=O) groups excluding carboxylic acids is 1. The van der Waals surface area contributed by atoms with Crippen LogP contribution in [0.3, 0.4) is 0 Å². The molecule has 0 aliphatic carbocycles. The number of benzene rings is 1. The predicted octanol–water partition coefficient (Wildman–Crippen LogP) is 3.51. The van der Waals surface area contributed by atoms with E-state index < -0.39 is 0 Å². The smallest absolute Gasteiger partial charge is 0.251 e. The highest BCUT2D eigenvalue weighted by atomic mass is 35.5. The van der Waals surface area contributed by atoms with Crippen LogP contribution in [0, 0.1) is 0 Å². The lowest BCUT2D eigenvalue weighted by atomic mass is 10.2. The van der Waals surface area contributed by atoms with Crippen molar-refractivity contribution >= 4 is 28.4 Å². The van der Waals surface area contributed by atoms with E-state index in [1.165, 1.54) is 17.1 Å². The number of amides is 1. The van der Waals surface area contributed by atoms with Crippen molar-refractivity contribution in [3.8, 4) is 0 Å². The van der Waals surface area contributed by atoms with Crippen LogP contribution in [0.2, 0.25) is 5.15 Å². The number of halogens is 1. The van der Waals surface area contributed by atoms with Crippen molar-refractivity contribution in [3.05, 3.63) is 65.6 Å². The Morgan fingerprint density at radius 3 is 2.95 bits per heavy atom. The molecule has 0 atom stereocenters. The van der Waals surface area contributed by atoms with Crippen LogP contribution in [0.25, 0.3) is 10.9 Å². The molecular formula is C17H16ClN3O. The number of hydrogen-bond acceptors (Lipinski definition) is 2. The van der Waals surface area contributed by atoms with Crippen molar-refractivity contribution < 1.29 is 4.79 Å². The van der Waals surface area contributed by atoms with Gasteiger partial charge in [-0.2, -0.15) is 0 Å². The van der Waals surface area contributed by atoms with Crippen LogP contribution in [-0.2, 0) is 6.54 Å². The molecule has 1 amide bonds. The van der Waals surface area contributed by atoms with Gasteiger partial charge in [0.05, 0.1) is 0 Å². The standard InChI is InChI=1S/C17H16ClN3O/c18-16-12-14(6-9-19-16)17(22)20-8-3-10-21-11-7-13-4-1-2-5-15(13)21/h1-2,4-7,9,11-12H,3,8,10H2,(H,20,22). The van der Waals surface area contributed by atoms with Crippen LogP contribution in [0.1, 0.15) is 16.8 Å². The normalized spacial score (nSPS) is 10.8. The van der Waals surface area contributed by atoms with E-state index in [0.717, 1.165) is 13.0 Å². The molecule has 1 N–H and O–H groups in total. The van der Waals surface area contributed by atoms with Crippen LogP contribution in [0.15, 0.2) is 54.9 Å². The lowest BCUT2D eigenvalue weighted by Crippen LogP contribution is -2.25. The molecular weight excluding hydrogens is 298 g/mol. The zero-order chi connectivity index (χ0) is 15.4. The third-order valence-electron chi connectivity index (χ3n) is 3.53. The van der Waals surface area contributed by atoms with Gasteiger partial charge >= 0.3 is 0 Å². The number of hydrogen-bond donors (Lipinski definition) is 1. The van der Waals surface area contributed by atoms with Gasteiger partial charge < -0.3 is 9.88 Å². The second-order valence-electron chi connectivity index (χ2n) is 5.04. The summed E-state index contributed by atoms with van der Waals surface area (Å²) >= 11 is 5.78. The van der Waals surface area contributed by atoms with Gasteiger partial charge in [0.25, 0.3) is 5.91 Å². The fourth-order valence-corrected chi connectivity index (χ4v) is 2.61. The van der Waals surface area contributed by atoms with Crippen LogP contribution in [-0.4, -0.2) is 22.0 Å². The molecule has 0 aliphatic heterocycles. The first-order chi connectivity index (χ1) is 10.7. The van der Waals surface area contributed by atoms with Gasteiger partial charge in [-0.15, -0.1) is 0 Å². The number of nitrogens with one attached hydrogen (secondary N) is 1. The van der Waals surface area contributed by atoms with Gasteiger partial charge in [-0.3, -0.25) is 4.79 Å². The molecule has 3 aromatic rings. The summed E-state index contributed by atoms with van der Waals surface area (Å²) in [7, 11) is 0. The number of para-hydroxylation sites is 1. The molecule has 0 unspecified atom stereocenters. The molecule has 0 aliphatic rings. The summed E-state index contributed by atoms with van der Waals surface area (Å²) in [5, 5.41) is 4.46. The van der Waals surface area contributed by atoms with E-state index in [1.807, 2.05) is 12.1 Å². The highest BCUT2D eigenvalue weighted by Crippen LogP contribution is 2.15. The molecule has 0 spiro atoms. The molecule has 2 aromatic heterocycles. The summed E-state index contributed by atoms with van der Waals surface area (Å²) in [5.41, 5.74) is 1.75. The Bertz CT molecular complexity index is 797. The van der Waals surface area contributed by atoms with Gasteiger partial charge in [0.2, 0.25) is 0 Å². The molecule has 112 valence electrons. The summed E-state index contributed by atoms with van der Waals surface area (Å²) in [6, 6.07) is 13.6. The van der Waals surface area contributed by atoms with E-state index in [4.69, 9.17) is 11.6 Å². The van der Waals surface area contributed by atoms with Crippen molar-refractivity contribution in [2.75, 3.05) is 6.54 Å². The maximum absolute atomic E-state index is 12.0. The maximum atomic E-state index is 12.0. The highest BCUT2D eigenvalue weighted by molar-refractivity contribution is 6.29. The summed E-state index contributed by atoms with van der Waals surface area (Å²) in [6.45, 7) is 1.48. The van der Waals surface area contributed by atoms with E-state index in [-0.39, 0.29) is 5.91 Å². The fourth-order valence-electron chi connectivity index (χ4n) is 2.43. The molecule has 5 heteroatoms. The number of nitrogens with zero attached hydrogens (tertiary/aromatic N) is 2. The lowest BCUT2D eigenvalue weighted by Gasteiger charge is -2.07. The van der Waals surface area contributed by atoms with E-state index in [9.17, 15) is 4.79 Å². The van der Waals surface area contributed by atoms with E-state index in [2.05, 4.69) is 39.3 Å². The number of carbonyl (C=O) groups is 1. The molecule has 0 bridgehead atoms. The van der Waals surface area contributed by atoms with Gasteiger partial charge in [0.15, 0.2) is 0 Å². The minimum absolute atomic E-state index is 0.123. The summed E-state index contributed by atoms with van der Waals surface area (Å²) < 4.78 is 2.20. The average Bonchev–Trinajstić information content (AvgIpc) is 2.95. The van der Waals surface area contributed by atoms with Crippen molar-refractivity contribution in [1.29, 1.82) is 0 Å². The molecule has 2 heterocycles. The molecule has 4 nitrogen and oxygen atoms in total. The van der Waals surface area contributed by atoms with Gasteiger partial charge in [0, 0.05) is 36.6 Å². The third kappa shape index (κ3) is 3.28. The zero-order valence-electron chi connectivity index (χ0n) is 12.0. The van der Waals surface area contributed by atoms with Crippen molar-refractivity contribution in [2.24, 2.45) is 0 Å². The molecule has 0 saturated carbocycles. The average molecular weight is 314 g/mol. The first-order valence-electron chi connectivity index (χ1n) is 7.18. The minimum Gasteiger partial charge on any atom is -0.352 e. The van der Waals surface area contributed by atoms with E-state index in [0.29, 0.717) is 17.3 Å². The van der Waals surface area contributed by atoms with Crippen LogP contribution in [0.5, 0.6) is 0 Å². The Morgan fingerprint density at radius 1 is 1.23 bits per heavy atom. The predicted molar refractivity (Wildman–Crippen MR) is 88.1 cm³/mol. The van der Waals surface area contributed by atoms with Gasteiger partial charge in [-0.05, 0) is 36.1 Å². The summed E-state index contributed by atoms with van der Waals surface area (Å²) in [4.78, 5) is 15.8. The number of pyridine rings is 1. The largest absolute Gasteiger partial charge is 0.352 e. The molecule has 0 saturated heterocycles. The van der Waals surface area contributed by atoms with Crippen LogP contribution < -0.4 is 5.32 Å². The van der Waals surface area contributed by atoms with Gasteiger partial charge in [-0.25, -0.2) is 4.98 Å². The SMILES string of the molecule is O=C(NCCCn1ccc2ccccc21)c1ccnc(Cl)c1. The maximum Gasteiger partial charge on any atom is 0.251 e. The van der Waals surface area contributed by atoms with E-state index >= 15 is 0 Å². The second kappa shape index (κ2) is 6.62. The zero-order valence-corrected chi connectivity index (χ0v) is 12.8. The number of aromatic nitrogens is 2. The number of aryl methyl sites for hydroxylation is 1. The summed E-state index contributed by atoms with van der Waals surface area (Å²) in [5.74, 6) is -0.123. The summed E-state index contributed by atoms with van der Waals surface area (Å²) in [6.07, 6.45) is 4.47. The Kier molecular flexibility index (Phi) is 4.39. The molecule has 0 fully saturated rings. The van der Waals surface area contributed by atoms with Crippen molar-refractivity contribution in [1.82, 2.24) is 14.9 Å². The second-order valence-corrected chi connectivity index (χ2v) is 5.43. The first kappa shape index (κ1) is 14.6. The Hall–Kier alpha value is -2.33. The van der Waals surface area contributed by atoms with Crippen LogP contribution >= 0.6 is 11.6 Å². The minimum atomic E-state index is -0.123. The molecule has 22 heavy (non-hydrogen) atoms. The Labute approximate surface area is 133 Å². The van der Waals surface area contributed by atoms with Crippen LogP contribution in [0.4, 0.5) is 0 Å². The number of fused-ring (bicyclic) bond motifs is 1. The van der Waals surface area contributed by atoms with Gasteiger partial charge in [-0.1, -0.05) is 29.8 Å². The quantitative estimate of drug-likeness (QED) is 0.579. The first-order valence-corrected chi connectivity index (χ1v) is 7.55. The highest BCUT2D eigenvalue weighted by Gasteiger charge is 2.05. The Morgan fingerprint density at radius 2 is 2.09 bits per heavy atom. The fraction of sp³-hybridized carbons (Fsp3) is 0.176. The van der Waals surface area contributed by atoms with E-state index in [1.54, 1.807) is 12.1 Å². The lowest BCUT2D eigenvalue weighted by molar-refractivity contribution is 0.0952. The molecule has 1 aromatic carbocycles.